The van der Waals surface area contributed by atoms with Gasteiger partial charge in [0.2, 0.25) is 5.95 Å². The van der Waals surface area contributed by atoms with Gasteiger partial charge in [-0.1, -0.05) is 11.6 Å². The lowest BCUT2D eigenvalue weighted by atomic mass is 10.0. The average molecular weight is 398 g/mol. The molecule has 1 aromatic carbocycles. The maximum atomic E-state index is 12.5. The van der Waals surface area contributed by atoms with Crippen LogP contribution in [0.2, 0.25) is 5.02 Å². The Morgan fingerprint density at radius 2 is 2.21 bits per heavy atom. The molecule has 7 nitrogen and oxygen atoms in total. The van der Waals surface area contributed by atoms with Gasteiger partial charge in [-0.2, -0.15) is 5.26 Å². The van der Waals surface area contributed by atoms with Crippen LogP contribution in [-0.4, -0.2) is 44.1 Å². The highest BCUT2D eigenvalue weighted by atomic mass is 35.5. The standard InChI is InChI=1S/C20H20ClN5O2/c1-20(2,28)10-26-9-17-16(18(26)27)8-23-19(25-17)24-14-5-11-3-13(21)4-12(7-22)15(11)6-14/h3-4,8,14,28H,5-6,9-10H2,1-2H3,(H,23,24,25). The van der Waals surface area contributed by atoms with Crippen molar-refractivity contribution in [1.82, 2.24) is 14.9 Å². The van der Waals surface area contributed by atoms with Crippen LogP contribution in [0.4, 0.5) is 5.95 Å². The van der Waals surface area contributed by atoms with Crippen LogP contribution in [0.3, 0.4) is 0 Å². The Morgan fingerprint density at radius 3 is 2.93 bits per heavy atom. The van der Waals surface area contributed by atoms with Crippen molar-refractivity contribution in [2.75, 3.05) is 11.9 Å². The first kappa shape index (κ1) is 18.7. The van der Waals surface area contributed by atoms with Crippen LogP contribution in [0.15, 0.2) is 18.3 Å². The van der Waals surface area contributed by atoms with Crippen LogP contribution in [0, 0.1) is 11.3 Å². The van der Waals surface area contributed by atoms with Gasteiger partial charge < -0.3 is 15.3 Å². The Morgan fingerprint density at radius 1 is 1.43 bits per heavy atom. The largest absolute Gasteiger partial charge is 0.389 e. The second-order valence-electron chi connectivity index (χ2n) is 7.98. The second kappa shape index (κ2) is 6.73. The number of anilines is 1. The van der Waals surface area contributed by atoms with E-state index in [1.807, 2.05) is 6.07 Å². The van der Waals surface area contributed by atoms with Crippen molar-refractivity contribution in [3.63, 3.8) is 0 Å². The van der Waals surface area contributed by atoms with E-state index >= 15 is 0 Å². The molecule has 0 saturated carbocycles. The van der Waals surface area contributed by atoms with Crippen molar-refractivity contribution in [2.45, 2.75) is 44.9 Å². The molecule has 1 aliphatic carbocycles. The lowest BCUT2D eigenvalue weighted by Gasteiger charge is -2.24. The van der Waals surface area contributed by atoms with Crippen LogP contribution in [0.25, 0.3) is 0 Å². The third kappa shape index (κ3) is 3.53. The SMILES string of the molecule is CC(C)(O)CN1Cc2nc(NC3Cc4cc(Cl)cc(C#N)c4C3)ncc2C1=O. The van der Waals surface area contributed by atoms with E-state index in [2.05, 4.69) is 21.4 Å². The summed E-state index contributed by atoms with van der Waals surface area (Å²) in [7, 11) is 0. The molecule has 0 radical (unpaired) electrons. The molecule has 2 aromatic rings. The number of nitriles is 1. The van der Waals surface area contributed by atoms with Crippen LogP contribution in [0.5, 0.6) is 0 Å². The minimum atomic E-state index is -0.971. The van der Waals surface area contributed by atoms with Gasteiger partial charge in [-0.25, -0.2) is 9.97 Å². The first-order chi connectivity index (χ1) is 13.2. The summed E-state index contributed by atoms with van der Waals surface area (Å²) in [6, 6.07) is 5.86. The van der Waals surface area contributed by atoms with Gasteiger partial charge in [0.15, 0.2) is 0 Å². The van der Waals surface area contributed by atoms with Gasteiger partial charge in [0.05, 0.1) is 35.0 Å². The van der Waals surface area contributed by atoms with Crippen molar-refractivity contribution < 1.29 is 9.90 Å². The number of carbonyl (C=O) groups excluding carboxylic acids is 1. The highest BCUT2D eigenvalue weighted by Gasteiger charge is 2.33. The molecular formula is C20H20ClN5O2. The van der Waals surface area contributed by atoms with Gasteiger partial charge in [0.1, 0.15) is 0 Å². The first-order valence-corrected chi connectivity index (χ1v) is 9.47. The van der Waals surface area contributed by atoms with Gasteiger partial charge in [-0.3, -0.25) is 4.79 Å². The molecule has 0 spiro atoms. The summed E-state index contributed by atoms with van der Waals surface area (Å²) in [5, 5.41) is 23.2. The summed E-state index contributed by atoms with van der Waals surface area (Å²) >= 11 is 6.10. The molecule has 1 aromatic heterocycles. The van der Waals surface area contributed by atoms with Crippen LogP contribution in [0.1, 0.15) is 46.6 Å². The molecule has 2 aliphatic rings. The number of aliphatic hydroxyl groups is 1. The van der Waals surface area contributed by atoms with E-state index in [0.29, 0.717) is 40.8 Å². The number of nitrogens with one attached hydrogen (secondary N) is 1. The van der Waals surface area contributed by atoms with E-state index in [1.54, 1.807) is 24.8 Å². The highest BCUT2D eigenvalue weighted by molar-refractivity contribution is 6.30. The number of hydrogen-bond donors (Lipinski definition) is 2. The van der Waals surface area contributed by atoms with E-state index in [4.69, 9.17) is 11.6 Å². The van der Waals surface area contributed by atoms with Gasteiger partial charge in [-0.05, 0) is 49.9 Å². The third-order valence-corrected chi connectivity index (χ3v) is 5.20. The molecular weight excluding hydrogens is 378 g/mol. The van der Waals surface area contributed by atoms with Crippen LogP contribution >= 0.6 is 11.6 Å². The number of benzene rings is 1. The number of aromatic nitrogens is 2. The summed E-state index contributed by atoms with van der Waals surface area (Å²) in [6.07, 6.45) is 2.96. The van der Waals surface area contributed by atoms with Crippen molar-refractivity contribution in [3.05, 3.63) is 51.3 Å². The molecule has 1 atom stereocenters. The second-order valence-corrected chi connectivity index (χ2v) is 8.42. The molecule has 0 bridgehead atoms. The van der Waals surface area contributed by atoms with E-state index in [-0.39, 0.29) is 18.5 Å². The highest BCUT2D eigenvalue weighted by Crippen LogP contribution is 2.30. The number of carbonyl (C=O) groups is 1. The van der Waals surface area contributed by atoms with E-state index in [1.165, 1.54) is 6.20 Å². The lowest BCUT2D eigenvalue weighted by Crippen LogP contribution is -2.38. The summed E-state index contributed by atoms with van der Waals surface area (Å²) < 4.78 is 0. The van der Waals surface area contributed by atoms with Gasteiger partial charge in [0, 0.05) is 23.8 Å². The monoisotopic (exact) mass is 397 g/mol. The van der Waals surface area contributed by atoms with Crippen molar-refractivity contribution in [2.24, 2.45) is 0 Å². The van der Waals surface area contributed by atoms with Gasteiger partial charge >= 0.3 is 0 Å². The predicted octanol–water partition coefficient (Wildman–Crippen LogP) is 2.31. The third-order valence-electron chi connectivity index (χ3n) is 4.98. The molecule has 8 heteroatoms. The zero-order chi connectivity index (χ0) is 20.1. The molecule has 0 saturated heterocycles. The van der Waals surface area contributed by atoms with Gasteiger partial charge in [0.25, 0.3) is 5.91 Å². The number of halogens is 1. The summed E-state index contributed by atoms with van der Waals surface area (Å²) in [5.41, 5.74) is 2.84. The fourth-order valence-electron chi connectivity index (χ4n) is 3.89. The first-order valence-electron chi connectivity index (χ1n) is 9.09. The fourth-order valence-corrected chi connectivity index (χ4v) is 4.13. The summed E-state index contributed by atoms with van der Waals surface area (Å²) in [4.78, 5) is 22.8. The summed E-state index contributed by atoms with van der Waals surface area (Å²) in [6.45, 7) is 3.93. The number of rotatable bonds is 4. The molecule has 2 heterocycles. The number of fused-ring (bicyclic) bond motifs is 2. The number of amides is 1. The van der Waals surface area contributed by atoms with E-state index < -0.39 is 5.60 Å². The maximum absolute atomic E-state index is 12.5. The number of β-amino-alcohol motifs (C(OH)–C–C–N with tert-alkyl or cyclic N) is 1. The Hall–Kier alpha value is -2.69. The van der Waals surface area contributed by atoms with E-state index in [9.17, 15) is 15.2 Å². The number of hydrogen-bond acceptors (Lipinski definition) is 6. The molecule has 0 fully saturated rings. The normalized spacial score (nSPS) is 18.0. The molecule has 1 aliphatic heterocycles. The van der Waals surface area contributed by atoms with Crippen molar-refractivity contribution >= 4 is 23.5 Å². The van der Waals surface area contributed by atoms with Crippen molar-refractivity contribution in [1.29, 1.82) is 5.26 Å². The minimum Gasteiger partial charge on any atom is -0.389 e. The van der Waals surface area contributed by atoms with Gasteiger partial charge in [-0.15, -0.1) is 0 Å². The maximum Gasteiger partial charge on any atom is 0.257 e. The topological polar surface area (TPSA) is 102 Å². The summed E-state index contributed by atoms with van der Waals surface area (Å²) in [5.74, 6) is 0.296. The Kier molecular flexibility index (Phi) is 4.48. The molecule has 144 valence electrons. The quantitative estimate of drug-likeness (QED) is 0.820. The molecule has 1 unspecified atom stereocenters. The molecule has 4 rings (SSSR count). The molecule has 2 N–H and O–H groups in total. The average Bonchev–Trinajstić information content (AvgIpc) is 3.13. The zero-order valence-electron chi connectivity index (χ0n) is 15.7. The van der Waals surface area contributed by atoms with Crippen LogP contribution in [-0.2, 0) is 19.4 Å². The fraction of sp³-hybridized carbons (Fsp3) is 0.400. The molecule has 28 heavy (non-hydrogen) atoms. The predicted molar refractivity (Wildman–Crippen MR) is 104 cm³/mol. The van der Waals surface area contributed by atoms with Crippen LogP contribution < -0.4 is 5.32 Å². The molecule has 1 amide bonds. The van der Waals surface area contributed by atoms with Crippen molar-refractivity contribution in [3.8, 4) is 6.07 Å². The smallest absolute Gasteiger partial charge is 0.257 e. The Balaban J connectivity index is 1.50. The Bertz CT molecular complexity index is 1010. The Labute approximate surface area is 168 Å². The van der Waals surface area contributed by atoms with E-state index in [0.717, 1.165) is 17.5 Å². The number of nitrogens with zero attached hydrogens (tertiary/aromatic N) is 4. The zero-order valence-corrected chi connectivity index (χ0v) is 16.4. The minimum absolute atomic E-state index is 0.0585. The lowest BCUT2D eigenvalue weighted by molar-refractivity contribution is 0.0312.